The van der Waals surface area contributed by atoms with Crippen molar-refractivity contribution >= 4 is 48.9 Å². The Kier molecular flexibility index (Phi) is 7.90. The molecule has 0 saturated heterocycles. The van der Waals surface area contributed by atoms with Crippen molar-refractivity contribution in [2.45, 2.75) is 23.6 Å². The summed E-state index contributed by atoms with van der Waals surface area (Å²) in [4.78, 5) is 12.8. The highest BCUT2D eigenvalue weighted by atomic mass is 35.5. The van der Waals surface area contributed by atoms with Crippen molar-refractivity contribution in [2.75, 3.05) is 30.3 Å². The van der Waals surface area contributed by atoms with E-state index in [1.165, 1.54) is 48.7 Å². The van der Waals surface area contributed by atoms with Crippen molar-refractivity contribution in [1.82, 2.24) is 4.31 Å². The van der Waals surface area contributed by atoms with Crippen molar-refractivity contribution in [3.8, 4) is 0 Å². The molecule has 0 unspecified atom stereocenters. The predicted molar refractivity (Wildman–Crippen MR) is 138 cm³/mol. The molecule has 186 valence electrons. The summed E-state index contributed by atoms with van der Waals surface area (Å²) in [6.45, 7) is 3.59. The third-order valence-corrected chi connectivity index (χ3v) is 9.64. The summed E-state index contributed by atoms with van der Waals surface area (Å²) in [7, 11) is -5.04. The first-order valence-corrected chi connectivity index (χ1v) is 13.9. The number of benzene rings is 3. The minimum Gasteiger partial charge on any atom is -0.322 e. The summed E-state index contributed by atoms with van der Waals surface area (Å²) in [5.74, 6) is -0.597. The highest BCUT2D eigenvalue weighted by Crippen LogP contribution is 2.29. The van der Waals surface area contributed by atoms with Gasteiger partial charge in [0.05, 0.1) is 15.6 Å². The van der Waals surface area contributed by atoms with Crippen LogP contribution in [-0.2, 0) is 20.0 Å². The monoisotopic (exact) mass is 535 g/mol. The first-order chi connectivity index (χ1) is 16.4. The zero-order valence-corrected chi connectivity index (χ0v) is 22.1. The Labute approximate surface area is 211 Å². The maximum atomic E-state index is 13.5. The van der Waals surface area contributed by atoms with Gasteiger partial charge in [-0.2, -0.15) is 0 Å². The molecule has 1 N–H and O–H groups in total. The molecule has 0 aliphatic heterocycles. The molecule has 3 rings (SSSR count). The number of hydrogen-bond donors (Lipinski definition) is 1. The van der Waals surface area contributed by atoms with Crippen LogP contribution in [0.3, 0.4) is 0 Å². The number of aryl methyl sites for hydroxylation is 1. The average Bonchev–Trinajstić information content (AvgIpc) is 2.81. The molecule has 0 aliphatic carbocycles. The minimum atomic E-state index is -3.95. The second-order valence-electron chi connectivity index (χ2n) is 7.87. The molecule has 0 fully saturated rings. The van der Waals surface area contributed by atoms with E-state index in [4.69, 9.17) is 11.6 Å². The summed E-state index contributed by atoms with van der Waals surface area (Å²) in [6.07, 6.45) is 0. The minimum absolute atomic E-state index is 0.00262. The van der Waals surface area contributed by atoms with Gasteiger partial charge in [-0.15, -0.1) is 0 Å². The highest BCUT2D eigenvalue weighted by Gasteiger charge is 2.27. The molecular weight excluding hydrogens is 510 g/mol. The third kappa shape index (κ3) is 5.51. The lowest BCUT2D eigenvalue weighted by atomic mass is 10.1. The van der Waals surface area contributed by atoms with Gasteiger partial charge in [-0.3, -0.25) is 9.10 Å². The van der Waals surface area contributed by atoms with E-state index in [9.17, 15) is 21.6 Å². The van der Waals surface area contributed by atoms with E-state index in [2.05, 4.69) is 5.32 Å². The molecule has 0 aliphatic rings. The van der Waals surface area contributed by atoms with Crippen molar-refractivity contribution < 1.29 is 21.6 Å². The van der Waals surface area contributed by atoms with E-state index >= 15 is 0 Å². The molecule has 0 saturated carbocycles. The van der Waals surface area contributed by atoms with Crippen LogP contribution in [0.5, 0.6) is 0 Å². The van der Waals surface area contributed by atoms with E-state index in [0.29, 0.717) is 11.3 Å². The molecule has 0 atom stereocenters. The standard InChI is InChI=1S/C24H26ClN3O5S2/c1-5-28(20-9-7-6-8-10-20)35(32,33)22-15-18(12-11-17(22)2)24(29)26-19-13-14-21(25)23(16-19)34(30,31)27(3)4/h6-16H,5H2,1-4H3,(H,26,29). The fourth-order valence-electron chi connectivity index (χ4n) is 3.40. The van der Waals surface area contributed by atoms with Gasteiger partial charge in [0, 0.05) is 31.9 Å². The molecule has 0 aromatic heterocycles. The number of hydrogen-bond acceptors (Lipinski definition) is 5. The van der Waals surface area contributed by atoms with Crippen LogP contribution in [0, 0.1) is 6.92 Å². The van der Waals surface area contributed by atoms with Crippen molar-refractivity contribution in [2.24, 2.45) is 0 Å². The van der Waals surface area contributed by atoms with Gasteiger partial charge in [-0.1, -0.05) is 35.9 Å². The molecule has 3 aromatic carbocycles. The van der Waals surface area contributed by atoms with Crippen LogP contribution >= 0.6 is 11.6 Å². The van der Waals surface area contributed by atoms with E-state index in [-0.39, 0.29) is 32.6 Å². The lowest BCUT2D eigenvalue weighted by molar-refractivity contribution is 0.102. The van der Waals surface area contributed by atoms with Gasteiger partial charge in [-0.25, -0.2) is 21.1 Å². The molecule has 35 heavy (non-hydrogen) atoms. The number of anilines is 2. The normalized spacial score (nSPS) is 11.9. The number of carbonyl (C=O) groups is 1. The second kappa shape index (κ2) is 10.4. The fourth-order valence-corrected chi connectivity index (χ4v) is 6.52. The number of nitrogens with one attached hydrogen (secondary N) is 1. The van der Waals surface area contributed by atoms with Crippen LogP contribution in [0.4, 0.5) is 11.4 Å². The van der Waals surface area contributed by atoms with Crippen LogP contribution in [0.25, 0.3) is 0 Å². The number of sulfonamides is 2. The second-order valence-corrected chi connectivity index (χ2v) is 12.2. The highest BCUT2D eigenvalue weighted by molar-refractivity contribution is 7.93. The molecule has 0 radical (unpaired) electrons. The molecule has 1 amide bonds. The summed E-state index contributed by atoms with van der Waals surface area (Å²) < 4.78 is 54.3. The van der Waals surface area contributed by atoms with Gasteiger partial charge in [0.15, 0.2) is 0 Å². The molecule has 0 bridgehead atoms. The lowest BCUT2D eigenvalue weighted by Gasteiger charge is -2.24. The summed E-state index contributed by atoms with van der Waals surface area (Å²) >= 11 is 6.07. The van der Waals surface area contributed by atoms with Gasteiger partial charge in [0.25, 0.3) is 15.9 Å². The average molecular weight is 536 g/mol. The Morgan fingerprint density at radius 2 is 1.54 bits per heavy atom. The lowest BCUT2D eigenvalue weighted by Crippen LogP contribution is -2.31. The van der Waals surface area contributed by atoms with Crippen molar-refractivity contribution in [3.63, 3.8) is 0 Å². The van der Waals surface area contributed by atoms with Gasteiger partial charge in [0.2, 0.25) is 10.0 Å². The van der Waals surface area contributed by atoms with Crippen LogP contribution < -0.4 is 9.62 Å². The fraction of sp³-hybridized carbons (Fsp3) is 0.208. The largest absolute Gasteiger partial charge is 0.322 e. The zero-order chi connectivity index (χ0) is 26.0. The van der Waals surface area contributed by atoms with E-state index in [0.717, 1.165) is 4.31 Å². The Balaban J connectivity index is 1.97. The Hall–Kier alpha value is -2.92. The van der Waals surface area contributed by atoms with Crippen LogP contribution in [0.2, 0.25) is 5.02 Å². The maximum absolute atomic E-state index is 13.5. The number of carbonyl (C=O) groups excluding carboxylic acids is 1. The summed E-state index contributed by atoms with van der Waals surface area (Å²) in [5.41, 5.74) is 1.30. The van der Waals surface area contributed by atoms with Crippen molar-refractivity contribution in [3.05, 3.63) is 82.9 Å². The van der Waals surface area contributed by atoms with Gasteiger partial charge in [-0.05, 0) is 61.9 Å². The van der Waals surface area contributed by atoms with Crippen LogP contribution in [0.1, 0.15) is 22.8 Å². The van der Waals surface area contributed by atoms with Crippen molar-refractivity contribution in [1.29, 1.82) is 0 Å². The number of halogens is 1. The quantitative estimate of drug-likeness (QED) is 0.461. The van der Waals surface area contributed by atoms with Gasteiger partial charge >= 0.3 is 0 Å². The number of amides is 1. The topological polar surface area (TPSA) is 104 Å². The van der Waals surface area contributed by atoms with E-state index < -0.39 is 26.0 Å². The van der Waals surface area contributed by atoms with E-state index in [1.54, 1.807) is 50.2 Å². The molecule has 8 nitrogen and oxygen atoms in total. The number of rotatable bonds is 8. The molecule has 0 spiro atoms. The smallest absolute Gasteiger partial charge is 0.264 e. The Bertz CT molecular complexity index is 1460. The summed E-state index contributed by atoms with van der Waals surface area (Å²) in [6, 6.07) is 17.2. The third-order valence-electron chi connectivity index (χ3n) is 5.30. The Morgan fingerprint density at radius 1 is 0.886 bits per heavy atom. The SMILES string of the molecule is CCN(c1ccccc1)S(=O)(=O)c1cc(C(=O)Nc2ccc(Cl)c(S(=O)(=O)N(C)C)c2)ccc1C. The Morgan fingerprint density at radius 3 is 2.14 bits per heavy atom. The van der Waals surface area contributed by atoms with E-state index in [1.807, 2.05) is 0 Å². The number of para-hydroxylation sites is 1. The molecule has 3 aromatic rings. The predicted octanol–water partition coefficient (Wildman–Crippen LogP) is 4.37. The van der Waals surface area contributed by atoms with Gasteiger partial charge in [0.1, 0.15) is 4.90 Å². The summed E-state index contributed by atoms with van der Waals surface area (Å²) in [5, 5.41) is 2.64. The number of nitrogens with zero attached hydrogens (tertiary/aromatic N) is 2. The first-order valence-electron chi connectivity index (χ1n) is 10.6. The van der Waals surface area contributed by atoms with Crippen LogP contribution in [0.15, 0.2) is 76.5 Å². The maximum Gasteiger partial charge on any atom is 0.264 e. The molecule has 0 heterocycles. The molecule has 11 heteroatoms. The molecular formula is C24H26ClN3O5S2. The first kappa shape index (κ1) is 26.7. The van der Waals surface area contributed by atoms with Gasteiger partial charge < -0.3 is 5.32 Å². The zero-order valence-electron chi connectivity index (χ0n) is 19.7. The van der Waals surface area contributed by atoms with Crippen LogP contribution in [-0.4, -0.2) is 47.7 Å².